The van der Waals surface area contributed by atoms with Crippen molar-refractivity contribution >= 4 is 0 Å². The van der Waals surface area contributed by atoms with Crippen LogP contribution in [0.3, 0.4) is 0 Å². The van der Waals surface area contributed by atoms with Crippen LogP contribution in [-0.4, -0.2) is 35.7 Å². The Morgan fingerprint density at radius 2 is 2.08 bits per heavy atom. The normalized spacial score (nSPS) is 25.1. The Morgan fingerprint density at radius 1 is 1.54 bits per heavy atom. The molecule has 13 heavy (non-hydrogen) atoms. The van der Waals surface area contributed by atoms with Crippen molar-refractivity contribution in [2.45, 2.75) is 32.8 Å². The van der Waals surface area contributed by atoms with Gasteiger partial charge in [0.1, 0.15) is 0 Å². The van der Waals surface area contributed by atoms with Crippen molar-refractivity contribution in [3.8, 4) is 6.07 Å². The van der Waals surface area contributed by atoms with Gasteiger partial charge in [-0.2, -0.15) is 5.26 Å². The lowest BCUT2D eigenvalue weighted by Crippen LogP contribution is -2.41. The molecule has 1 heterocycles. The molecule has 0 spiro atoms. The van der Waals surface area contributed by atoms with Crippen LogP contribution in [0.15, 0.2) is 0 Å². The predicted molar refractivity (Wildman–Crippen MR) is 51.1 cm³/mol. The first-order chi connectivity index (χ1) is 6.06. The third-order valence-corrected chi connectivity index (χ3v) is 2.75. The van der Waals surface area contributed by atoms with Crippen LogP contribution in [0.5, 0.6) is 0 Å². The summed E-state index contributed by atoms with van der Waals surface area (Å²) in [6, 6.07) is 2.36. The van der Waals surface area contributed by atoms with E-state index in [1.54, 1.807) is 6.92 Å². The van der Waals surface area contributed by atoms with E-state index in [9.17, 15) is 5.11 Å². The summed E-state index contributed by atoms with van der Waals surface area (Å²) in [6.07, 6.45) is 1.60. The second-order valence-corrected chi connectivity index (χ2v) is 4.32. The molecule has 1 N–H and O–H groups in total. The van der Waals surface area contributed by atoms with Gasteiger partial charge < -0.3 is 10.0 Å². The van der Waals surface area contributed by atoms with E-state index in [1.165, 1.54) is 0 Å². The van der Waals surface area contributed by atoms with E-state index in [0.717, 1.165) is 32.5 Å². The van der Waals surface area contributed by atoms with Crippen LogP contribution in [0.1, 0.15) is 26.7 Å². The van der Waals surface area contributed by atoms with Gasteiger partial charge in [0.15, 0.2) is 0 Å². The Bertz CT molecular complexity index is 199. The van der Waals surface area contributed by atoms with Crippen LogP contribution < -0.4 is 0 Å². The van der Waals surface area contributed by atoms with Crippen molar-refractivity contribution in [2.24, 2.45) is 5.41 Å². The smallest absolute Gasteiger partial charge is 0.0687 e. The molecule has 1 fully saturated rings. The lowest BCUT2D eigenvalue weighted by molar-refractivity contribution is 0.0893. The molecule has 3 heteroatoms. The van der Waals surface area contributed by atoms with Crippen molar-refractivity contribution < 1.29 is 5.11 Å². The molecule has 0 aromatic carbocycles. The molecule has 1 atom stereocenters. The molecule has 1 unspecified atom stereocenters. The number of rotatable bonds is 2. The molecule has 0 aromatic heterocycles. The number of aliphatic hydroxyl groups excluding tert-OH is 1. The number of piperidine rings is 1. The van der Waals surface area contributed by atoms with Gasteiger partial charge in [-0.3, -0.25) is 0 Å². The Balaban J connectivity index is 2.36. The molecule has 1 aliphatic rings. The first kappa shape index (κ1) is 10.5. The predicted octanol–water partition coefficient (Wildman–Crippen LogP) is 0.993. The van der Waals surface area contributed by atoms with Crippen LogP contribution in [0.2, 0.25) is 0 Å². The molecule has 1 saturated heterocycles. The van der Waals surface area contributed by atoms with Crippen molar-refractivity contribution in [1.29, 1.82) is 5.26 Å². The van der Waals surface area contributed by atoms with Crippen molar-refractivity contribution in [1.82, 2.24) is 4.90 Å². The van der Waals surface area contributed by atoms with E-state index in [0.29, 0.717) is 0 Å². The Morgan fingerprint density at radius 3 is 2.46 bits per heavy atom. The summed E-state index contributed by atoms with van der Waals surface area (Å²) >= 11 is 0. The molecular formula is C10H18N2O. The topological polar surface area (TPSA) is 47.3 Å². The highest BCUT2D eigenvalue weighted by Crippen LogP contribution is 2.29. The van der Waals surface area contributed by atoms with Gasteiger partial charge in [0.25, 0.3) is 0 Å². The molecule has 0 radical (unpaired) electrons. The molecule has 74 valence electrons. The summed E-state index contributed by atoms with van der Waals surface area (Å²) in [5.74, 6) is 0. The van der Waals surface area contributed by atoms with Gasteiger partial charge in [-0.25, -0.2) is 0 Å². The quantitative estimate of drug-likeness (QED) is 0.693. The van der Waals surface area contributed by atoms with Crippen LogP contribution >= 0.6 is 0 Å². The van der Waals surface area contributed by atoms with Crippen LogP contribution in [-0.2, 0) is 0 Å². The molecule has 0 saturated carbocycles. The van der Waals surface area contributed by atoms with E-state index in [2.05, 4.69) is 11.0 Å². The number of nitrogens with zero attached hydrogens (tertiary/aromatic N) is 2. The van der Waals surface area contributed by atoms with Crippen molar-refractivity contribution in [3.63, 3.8) is 0 Å². The SMILES string of the molecule is CC(O)CN1CCC(C)(C#N)CC1. The van der Waals surface area contributed by atoms with Crippen LogP contribution in [0.4, 0.5) is 0 Å². The summed E-state index contributed by atoms with van der Waals surface area (Å²) < 4.78 is 0. The molecule has 0 amide bonds. The highest BCUT2D eigenvalue weighted by molar-refractivity contribution is 4.98. The number of β-amino-alcohol motifs (C(OH)–C–C–N with tert-alkyl or cyclic N) is 1. The summed E-state index contributed by atoms with van der Waals surface area (Å²) in [5.41, 5.74) is -0.130. The number of hydrogen-bond donors (Lipinski definition) is 1. The fourth-order valence-electron chi connectivity index (χ4n) is 1.71. The zero-order chi connectivity index (χ0) is 9.90. The van der Waals surface area contributed by atoms with Crippen molar-refractivity contribution in [3.05, 3.63) is 0 Å². The number of hydrogen-bond acceptors (Lipinski definition) is 3. The number of likely N-dealkylation sites (tertiary alicyclic amines) is 1. The third-order valence-electron chi connectivity index (χ3n) is 2.75. The molecule has 0 bridgehead atoms. The van der Waals surface area contributed by atoms with Crippen molar-refractivity contribution in [2.75, 3.05) is 19.6 Å². The average molecular weight is 182 g/mol. The fraction of sp³-hybridized carbons (Fsp3) is 0.900. The molecular weight excluding hydrogens is 164 g/mol. The highest BCUT2D eigenvalue weighted by atomic mass is 16.3. The first-order valence-electron chi connectivity index (χ1n) is 4.87. The zero-order valence-corrected chi connectivity index (χ0v) is 8.45. The Hall–Kier alpha value is -0.590. The lowest BCUT2D eigenvalue weighted by atomic mass is 9.82. The minimum absolute atomic E-state index is 0.130. The van der Waals surface area contributed by atoms with Crippen LogP contribution in [0.25, 0.3) is 0 Å². The maximum absolute atomic E-state index is 9.19. The van der Waals surface area contributed by atoms with E-state index >= 15 is 0 Å². The standard InChI is InChI=1S/C10H18N2O/c1-9(13)7-12-5-3-10(2,8-11)4-6-12/h9,13H,3-7H2,1-2H3. The molecule has 0 aromatic rings. The Kier molecular flexibility index (Phi) is 3.29. The summed E-state index contributed by atoms with van der Waals surface area (Å²) in [7, 11) is 0. The van der Waals surface area contributed by atoms with E-state index < -0.39 is 0 Å². The van der Waals surface area contributed by atoms with E-state index in [4.69, 9.17) is 5.26 Å². The molecule has 0 aliphatic carbocycles. The lowest BCUT2D eigenvalue weighted by Gasteiger charge is -2.35. The van der Waals surface area contributed by atoms with Gasteiger partial charge in [-0.1, -0.05) is 0 Å². The van der Waals surface area contributed by atoms with Crippen LogP contribution in [0, 0.1) is 16.7 Å². The number of aliphatic hydroxyl groups is 1. The maximum atomic E-state index is 9.19. The fourth-order valence-corrected chi connectivity index (χ4v) is 1.71. The molecule has 3 nitrogen and oxygen atoms in total. The molecule has 1 aliphatic heterocycles. The van der Waals surface area contributed by atoms with Gasteiger partial charge in [0.2, 0.25) is 0 Å². The largest absolute Gasteiger partial charge is 0.392 e. The van der Waals surface area contributed by atoms with Gasteiger partial charge in [-0.15, -0.1) is 0 Å². The summed E-state index contributed by atoms with van der Waals surface area (Å²) in [4.78, 5) is 2.23. The van der Waals surface area contributed by atoms with Gasteiger partial charge in [-0.05, 0) is 39.8 Å². The second-order valence-electron chi connectivity index (χ2n) is 4.32. The Labute approximate surface area is 80.0 Å². The van der Waals surface area contributed by atoms with Gasteiger partial charge in [0.05, 0.1) is 17.6 Å². The van der Waals surface area contributed by atoms with E-state index in [-0.39, 0.29) is 11.5 Å². The average Bonchev–Trinajstić information content (AvgIpc) is 2.09. The zero-order valence-electron chi connectivity index (χ0n) is 8.45. The second kappa shape index (κ2) is 4.08. The van der Waals surface area contributed by atoms with Gasteiger partial charge >= 0.3 is 0 Å². The molecule has 1 rings (SSSR count). The summed E-state index contributed by atoms with van der Waals surface area (Å²) in [5, 5.41) is 18.1. The number of nitriles is 1. The summed E-state index contributed by atoms with van der Waals surface area (Å²) in [6.45, 7) is 6.44. The monoisotopic (exact) mass is 182 g/mol. The van der Waals surface area contributed by atoms with E-state index in [1.807, 2.05) is 6.92 Å². The minimum Gasteiger partial charge on any atom is -0.392 e. The van der Waals surface area contributed by atoms with Gasteiger partial charge in [0, 0.05) is 6.54 Å². The highest BCUT2D eigenvalue weighted by Gasteiger charge is 2.29. The maximum Gasteiger partial charge on any atom is 0.0687 e. The third kappa shape index (κ3) is 2.98. The minimum atomic E-state index is -0.258. The first-order valence-corrected chi connectivity index (χ1v) is 4.87.